The highest BCUT2D eigenvalue weighted by molar-refractivity contribution is 7.93. The van der Waals surface area contributed by atoms with Crippen LogP contribution in [-0.4, -0.2) is 103 Å². The van der Waals surface area contributed by atoms with Crippen LogP contribution in [0.15, 0.2) is 39.7 Å². The van der Waals surface area contributed by atoms with E-state index in [0.29, 0.717) is 37.5 Å². The summed E-state index contributed by atoms with van der Waals surface area (Å²) >= 11 is 14.3. The van der Waals surface area contributed by atoms with Crippen molar-refractivity contribution in [1.82, 2.24) is 19.8 Å². The lowest BCUT2D eigenvalue weighted by molar-refractivity contribution is 0.141. The number of hydrogen-bond donors (Lipinski definition) is 2. The molecule has 6 rings (SSSR count). The van der Waals surface area contributed by atoms with Crippen molar-refractivity contribution in [2.75, 3.05) is 79.7 Å². The van der Waals surface area contributed by atoms with Crippen molar-refractivity contribution < 1.29 is 38.8 Å². The summed E-state index contributed by atoms with van der Waals surface area (Å²) in [5.74, 6) is -5.63. The van der Waals surface area contributed by atoms with Crippen LogP contribution < -0.4 is 19.2 Å². The fourth-order valence-corrected chi connectivity index (χ4v) is 11.7. The number of rotatable bonds is 14. The molecule has 2 aromatic carbocycles. The van der Waals surface area contributed by atoms with Crippen LogP contribution >= 0.6 is 45.9 Å². The number of hydrogen-bond acceptors (Lipinski definition) is 12. The van der Waals surface area contributed by atoms with Gasteiger partial charge < -0.3 is 19.6 Å². The molecule has 0 amide bonds. The largest absolute Gasteiger partial charge is 0.370 e. The Morgan fingerprint density at radius 2 is 1.51 bits per heavy atom. The average Bonchev–Trinajstić information content (AvgIpc) is 3.90. The van der Waals surface area contributed by atoms with E-state index in [-0.39, 0.29) is 53.6 Å². The molecule has 4 heterocycles. The van der Waals surface area contributed by atoms with E-state index in [1.54, 1.807) is 30.9 Å². The molecule has 300 valence electrons. The SMILES string of the molecule is CN(C)CC1(F)CCN(c2cc(F)c(S(=O)(=O)Nc3ncc(CN(C)C[C@@H]4CCN(c5cc(F)c(S(=O)(=O)Nc6nccs6)c(F)c5Cl)C4)s3)c(F)c2Cl)C1. The van der Waals surface area contributed by atoms with E-state index < -0.39 is 68.8 Å². The minimum atomic E-state index is -4.83. The second-order valence-corrected chi connectivity index (χ2v) is 19.7. The fraction of sp³-hybridized carbons (Fsp3) is 0.438. The van der Waals surface area contributed by atoms with Gasteiger partial charge in [0.05, 0.1) is 17.9 Å². The molecule has 2 fully saturated rings. The summed E-state index contributed by atoms with van der Waals surface area (Å²) < 4.78 is 132. The number of thiazole rings is 2. The number of benzene rings is 2. The van der Waals surface area contributed by atoms with Crippen molar-refractivity contribution in [2.24, 2.45) is 5.92 Å². The molecule has 1 unspecified atom stereocenters. The molecular weight excluding hydrogens is 855 g/mol. The van der Waals surface area contributed by atoms with Crippen molar-refractivity contribution in [3.63, 3.8) is 0 Å². The van der Waals surface area contributed by atoms with Gasteiger partial charge in [0, 0.05) is 80.5 Å². The van der Waals surface area contributed by atoms with Gasteiger partial charge in [0.15, 0.2) is 31.7 Å². The zero-order valence-corrected chi connectivity index (χ0v) is 34.2. The van der Waals surface area contributed by atoms with Crippen LogP contribution in [0.25, 0.3) is 0 Å². The smallest absolute Gasteiger partial charge is 0.269 e. The van der Waals surface area contributed by atoms with Crippen molar-refractivity contribution >= 4 is 87.6 Å². The molecule has 2 N–H and O–H groups in total. The van der Waals surface area contributed by atoms with Crippen LogP contribution in [0.2, 0.25) is 10.0 Å². The number of nitrogens with zero attached hydrogens (tertiary/aromatic N) is 6. The highest BCUT2D eigenvalue weighted by Crippen LogP contribution is 2.40. The maximum absolute atomic E-state index is 15.5. The maximum atomic E-state index is 15.5. The minimum absolute atomic E-state index is 0.00148. The predicted molar refractivity (Wildman–Crippen MR) is 204 cm³/mol. The Balaban J connectivity index is 1.07. The summed E-state index contributed by atoms with van der Waals surface area (Å²) in [6, 6.07) is 1.68. The van der Waals surface area contributed by atoms with E-state index in [1.165, 1.54) is 22.7 Å². The topological polar surface area (TPSA) is 131 Å². The standard InChI is InChI=1S/C32H35Cl2F5N8O4S4/c1-44(2)16-32(39)5-8-47(17-32)23-11-21(36)29(27(38)25(23)34)55(50,51)43-31-41-12-19(53-31)15-45(3)13-18-4-7-46(14-18)22-10-20(35)28(26(37)24(22)33)54(48,49)42-30-40-6-9-52-30/h6,9-12,18H,4-5,7-8,13-17H2,1-3H3,(H,40,42)(H,41,43)/t18-,32?/m0/s1. The van der Waals surface area contributed by atoms with Crippen molar-refractivity contribution in [1.29, 1.82) is 0 Å². The zero-order chi connectivity index (χ0) is 40.0. The monoisotopic (exact) mass is 888 g/mol. The normalized spacial score (nSPS) is 19.3. The molecule has 2 saturated heterocycles. The molecule has 0 aliphatic carbocycles. The fourth-order valence-electron chi connectivity index (χ4n) is 6.83. The van der Waals surface area contributed by atoms with Gasteiger partial charge in [0.25, 0.3) is 20.0 Å². The molecule has 2 aliphatic rings. The lowest BCUT2D eigenvalue weighted by atomic mass is 10.1. The third-order valence-corrected chi connectivity index (χ3v) is 14.3. The van der Waals surface area contributed by atoms with E-state index >= 15 is 22.0 Å². The van der Waals surface area contributed by atoms with Gasteiger partial charge in [-0.3, -0.25) is 9.44 Å². The quantitative estimate of drug-likeness (QED) is 0.107. The molecule has 0 radical (unpaired) electrons. The number of alkyl halides is 1. The molecule has 2 aromatic heterocycles. The Morgan fingerprint density at radius 1 is 0.909 bits per heavy atom. The van der Waals surface area contributed by atoms with Gasteiger partial charge in [-0.25, -0.2) is 48.8 Å². The van der Waals surface area contributed by atoms with E-state index in [9.17, 15) is 16.8 Å². The van der Waals surface area contributed by atoms with Gasteiger partial charge in [-0.1, -0.05) is 34.5 Å². The Bertz CT molecular complexity index is 2290. The van der Waals surface area contributed by atoms with Crippen molar-refractivity contribution in [2.45, 2.75) is 34.8 Å². The summed E-state index contributed by atoms with van der Waals surface area (Å²) in [7, 11) is -4.28. The molecule has 12 nitrogen and oxygen atoms in total. The summed E-state index contributed by atoms with van der Waals surface area (Å²) in [6.45, 7) is 1.59. The van der Waals surface area contributed by atoms with Gasteiger partial charge in [0.1, 0.15) is 27.3 Å². The van der Waals surface area contributed by atoms with Gasteiger partial charge in [-0.2, -0.15) is 0 Å². The van der Waals surface area contributed by atoms with Crippen LogP contribution in [0.4, 0.5) is 43.6 Å². The second kappa shape index (κ2) is 16.1. The number of halogens is 7. The lowest BCUT2D eigenvalue weighted by Crippen LogP contribution is -2.38. The number of aromatic nitrogens is 2. The summed E-state index contributed by atoms with van der Waals surface area (Å²) in [4.78, 5) is 12.6. The Hall–Kier alpha value is -3.05. The van der Waals surface area contributed by atoms with E-state index in [4.69, 9.17) is 23.2 Å². The van der Waals surface area contributed by atoms with Gasteiger partial charge in [0.2, 0.25) is 0 Å². The number of sulfonamides is 2. The molecule has 2 aliphatic heterocycles. The van der Waals surface area contributed by atoms with E-state index in [2.05, 4.69) is 14.7 Å². The average molecular weight is 890 g/mol. The minimum Gasteiger partial charge on any atom is -0.370 e. The molecule has 4 aromatic rings. The Labute approximate surface area is 333 Å². The van der Waals surface area contributed by atoms with Crippen LogP contribution in [-0.2, 0) is 26.6 Å². The predicted octanol–water partition coefficient (Wildman–Crippen LogP) is 6.50. The Morgan fingerprint density at radius 3 is 2.09 bits per heavy atom. The molecule has 0 spiro atoms. The first kappa shape index (κ1) is 41.6. The maximum Gasteiger partial charge on any atom is 0.269 e. The van der Waals surface area contributed by atoms with Crippen LogP contribution in [0.1, 0.15) is 17.7 Å². The van der Waals surface area contributed by atoms with Crippen LogP contribution in [0, 0.1) is 29.2 Å². The second-order valence-electron chi connectivity index (χ2n) is 13.7. The summed E-state index contributed by atoms with van der Waals surface area (Å²) in [5, 5.41) is 0.0945. The first-order valence-electron chi connectivity index (χ1n) is 16.5. The molecule has 23 heteroatoms. The lowest BCUT2D eigenvalue weighted by Gasteiger charge is -2.26. The highest BCUT2D eigenvalue weighted by Gasteiger charge is 2.41. The third-order valence-electron chi connectivity index (χ3n) is 9.03. The van der Waals surface area contributed by atoms with E-state index in [0.717, 1.165) is 34.8 Å². The number of anilines is 4. The Kier molecular flexibility index (Phi) is 12.1. The van der Waals surface area contributed by atoms with E-state index in [1.807, 2.05) is 9.62 Å². The molecule has 2 atom stereocenters. The van der Waals surface area contributed by atoms with Gasteiger partial charge in [-0.05, 0) is 33.5 Å². The zero-order valence-electron chi connectivity index (χ0n) is 29.4. The number of nitrogens with one attached hydrogen (secondary N) is 2. The first-order chi connectivity index (χ1) is 25.8. The summed E-state index contributed by atoms with van der Waals surface area (Å²) in [6.07, 6.45) is 3.46. The van der Waals surface area contributed by atoms with Crippen molar-refractivity contribution in [3.8, 4) is 0 Å². The highest BCUT2D eigenvalue weighted by atomic mass is 35.5. The van der Waals surface area contributed by atoms with Gasteiger partial charge >= 0.3 is 0 Å². The summed E-state index contributed by atoms with van der Waals surface area (Å²) in [5.41, 5.74) is -1.78. The van der Waals surface area contributed by atoms with Crippen molar-refractivity contribution in [3.05, 3.63) is 68.1 Å². The van der Waals surface area contributed by atoms with Gasteiger partial charge in [-0.15, -0.1) is 11.3 Å². The molecule has 55 heavy (non-hydrogen) atoms. The third kappa shape index (κ3) is 9.08. The molecule has 0 saturated carbocycles. The molecular formula is C32H35Cl2F5N8O4S4. The van der Waals surface area contributed by atoms with Crippen LogP contribution in [0.5, 0.6) is 0 Å². The first-order valence-corrected chi connectivity index (χ1v) is 22.0. The van der Waals surface area contributed by atoms with Crippen LogP contribution in [0.3, 0.4) is 0 Å². The molecule has 0 bridgehead atoms.